The van der Waals surface area contributed by atoms with Gasteiger partial charge >= 0.3 is 8.69 Å². The number of hydrogen-bond acceptors (Lipinski definition) is 5. The maximum absolute atomic E-state index is 12.5. The number of benzene rings is 2. The van der Waals surface area contributed by atoms with Gasteiger partial charge in [0.1, 0.15) is 6.61 Å². The Morgan fingerprint density at radius 2 is 1.96 bits per heavy atom. The number of amides is 1. The fourth-order valence-electron chi connectivity index (χ4n) is 2.49. The van der Waals surface area contributed by atoms with Gasteiger partial charge in [0.15, 0.2) is 0 Å². The van der Waals surface area contributed by atoms with Crippen LogP contribution in [0.4, 0.5) is 11.4 Å². The molecule has 2 aromatic carbocycles. The van der Waals surface area contributed by atoms with Gasteiger partial charge in [-0.05, 0) is 51.4 Å². The van der Waals surface area contributed by atoms with E-state index in [1.807, 2.05) is 41.8 Å². The fourth-order valence-corrected chi connectivity index (χ4v) is 3.40. The van der Waals surface area contributed by atoms with Gasteiger partial charge in [0, 0.05) is 16.9 Å². The lowest BCUT2D eigenvalue weighted by Crippen LogP contribution is -2.13. The van der Waals surface area contributed by atoms with Gasteiger partial charge in [0.25, 0.3) is 5.91 Å². The molecule has 26 heavy (non-hydrogen) atoms. The lowest BCUT2D eigenvalue weighted by molar-refractivity contribution is 0.102. The van der Waals surface area contributed by atoms with Crippen LogP contribution in [0.1, 0.15) is 15.9 Å². The molecule has 0 radical (unpaired) electrons. The van der Waals surface area contributed by atoms with Crippen molar-refractivity contribution in [1.29, 1.82) is 0 Å². The number of thiophene rings is 1. The number of nitrogens with one attached hydrogen (secondary N) is 1. The molecule has 3 rings (SSSR count). The van der Waals surface area contributed by atoms with Crippen molar-refractivity contribution in [3.05, 3.63) is 71.1 Å². The first-order valence-corrected chi connectivity index (χ1v) is 9.69. The first kappa shape index (κ1) is 18.3. The normalized spacial score (nSPS) is 10.8. The maximum atomic E-state index is 12.5. The number of carbonyl (C=O) groups excluding carboxylic acids is 1. The highest BCUT2D eigenvalue weighted by atomic mass is 32.1. The maximum Gasteiger partial charge on any atom is 0.494 e. The van der Waals surface area contributed by atoms with E-state index in [4.69, 9.17) is 10.3 Å². The molecule has 1 heterocycles. The second-order valence-electron chi connectivity index (χ2n) is 5.61. The van der Waals surface area contributed by atoms with Gasteiger partial charge in [0.05, 0.1) is 11.4 Å². The van der Waals surface area contributed by atoms with E-state index in [2.05, 4.69) is 5.32 Å². The summed E-state index contributed by atoms with van der Waals surface area (Å²) in [7, 11) is -0.749. The largest absolute Gasteiger partial charge is 0.494 e. The zero-order chi connectivity index (χ0) is 18.4. The molecule has 0 saturated carbocycles. The molecule has 1 aromatic heterocycles. The Hall–Kier alpha value is -2.53. The van der Waals surface area contributed by atoms with Crippen molar-refractivity contribution in [3.8, 4) is 10.4 Å². The topological polar surface area (TPSA) is 81.4 Å². The average molecular weight is 385 g/mol. The molecule has 7 heteroatoms. The molecule has 1 amide bonds. The second-order valence-corrected chi connectivity index (χ2v) is 7.02. The van der Waals surface area contributed by atoms with Crippen molar-refractivity contribution in [2.75, 3.05) is 17.7 Å². The van der Waals surface area contributed by atoms with Gasteiger partial charge < -0.3 is 11.1 Å². The fraction of sp³-hybridized carbons (Fsp3) is 0.105. The molecule has 3 aromatic rings. The highest BCUT2D eigenvalue weighted by molar-refractivity contribution is 7.17. The number of hydrogen-bond donors (Lipinski definition) is 2. The van der Waals surface area contributed by atoms with Gasteiger partial charge in [-0.1, -0.05) is 24.3 Å². The monoisotopic (exact) mass is 385 g/mol. The van der Waals surface area contributed by atoms with Crippen molar-refractivity contribution in [3.63, 3.8) is 0 Å². The molecule has 1 unspecified atom stereocenters. The summed E-state index contributed by atoms with van der Waals surface area (Å²) in [6.45, 7) is 0.388. The number of nitrogens with two attached hydrogens (primary N) is 1. The van der Waals surface area contributed by atoms with Gasteiger partial charge in [-0.25, -0.2) is 0 Å². The van der Waals surface area contributed by atoms with Crippen LogP contribution in [0.5, 0.6) is 0 Å². The third-order valence-corrected chi connectivity index (χ3v) is 5.12. The van der Waals surface area contributed by atoms with E-state index < -0.39 is 8.69 Å². The van der Waals surface area contributed by atoms with Crippen LogP contribution in [0.3, 0.4) is 0 Å². The minimum absolute atomic E-state index is 0.219. The Bertz CT molecular complexity index is 896. The van der Waals surface area contributed by atoms with Gasteiger partial charge in [-0.15, -0.1) is 15.9 Å². The summed E-state index contributed by atoms with van der Waals surface area (Å²) >= 11 is 1.63. The number of anilines is 2. The van der Waals surface area contributed by atoms with Gasteiger partial charge in [0.2, 0.25) is 0 Å². The molecule has 0 bridgehead atoms. The van der Waals surface area contributed by atoms with Crippen LogP contribution in [0, 0.1) is 0 Å². The number of nitrogen functional groups attached to an aromatic ring is 1. The van der Waals surface area contributed by atoms with Crippen LogP contribution in [0.15, 0.2) is 60.0 Å². The van der Waals surface area contributed by atoms with E-state index in [0.29, 0.717) is 30.0 Å². The Balaban J connectivity index is 1.71. The van der Waals surface area contributed by atoms with E-state index in [1.54, 1.807) is 29.5 Å². The molecule has 5 nitrogen and oxygen atoms in total. The molecule has 0 aliphatic rings. The molecule has 0 aliphatic carbocycles. The Kier molecular flexibility index (Phi) is 6.12. The standard InChI is InChI=1S/C19H17N2O3PS/c20-16-8-7-15(18-2-1-11-26-18)12-17(16)21-19(22)14-5-3-13(4-6-14)9-10-24-25-23/h1-8,11-12,25H,9-10,20H2/p+1. The van der Waals surface area contributed by atoms with Crippen LogP contribution in [-0.2, 0) is 15.5 Å². The smallest absolute Gasteiger partial charge is 0.397 e. The molecule has 0 aliphatic heterocycles. The summed E-state index contributed by atoms with van der Waals surface area (Å²) in [5, 5.41) is 4.88. The van der Waals surface area contributed by atoms with Gasteiger partial charge in [-0.2, -0.15) is 0 Å². The molecule has 3 N–H and O–H groups in total. The van der Waals surface area contributed by atoms with E-state index in [9.17, 15) is 9.36 Å². The predicted molar refractivity (Wildman–Crippen MR) is 107 cm³/mol. The van der Waals surface area contributed by atoms with Crippen molar-refractivity contribution < 1.29 is 13.9 Å². The molecule has 0 saturated heterocycles. The minimum Gasteiger partial charge on any atom is -0.397 e. The van der Waals surface area contributed by atoms with Crippen molar-refractivity contribution in [2.45, 2.75) is 6.42 Å². The Labute approximate surface area is 157 Å². The summed E-state index contributed by atoms with van der Waals surface area (Å²) < 4.78 is 15.1. The molecule has 132 valence electrons. The SMILES string of the molecule is Nc1ccc(-c2cccs2)cc1NC(=O)c1ccc(CCO[PH+]=O)cc1. The summed E-state index contributed by atoms with van der Waals surface area (Å²) in [5.41, 5.74) is 9.69. The van der Waals surface area contributed by atoms with Crippen LogP contribution < -0.4 is 11.1 Å². The third kappa shape index (κ3) is 4.55. The lowest BCUT2D eigenvalue weighted by Gasteiger charge is -2.10. The predicted octanol–water partition coefficient (Wildman–Crippen LogP) is 4.75. The molecule has 0 spiro atoms. The number of carbonyl (C=O) groups is 1. The first-order valence-electron chi connectivity index (χ1n) is 8.00. The zero-order valence-corrected chi connectivity index (χ0v) is 15.7. The second kappa shape index (κ2) is 8.72. The Morgan fingerprint density at radius 1 is 1.15 bits per heavy atom. The van der Waals surface area contributed by atoms with Crippen molar-refractivity contribution >= 4 is 37.3 Å². The average Bonchev–Trinajstić information content (AvgIpc) is 3.19. The van der Waals surface area contributed by atoms with Crippen molar-refractivity contribution in [1.82, 2.24) is 0 Å². The van der Waals surface area contributed by atoms with Crippen LogP contribution in [0.2, 0.25) is 0 Å². The zero-order valence-electron chi connectivity index (χ0n) is 13.9. The lowest BCUT2D eigenvalue weighted by atomic mass is 10.1. The first-order chi connectivity index (χ1) is 12.7. The van der Waals surface area contributed by atoms with Crippen molar-refractivity contribution in [2.24, 2.45) is 0 Å². The van der Waals surface area contributed by atoms with E-state index >= 15 is 0 Å². The summed E-state index contributed by atoms with van der Waals surface area (Å²) in [4.78, 5) is 13.6. The minimum atomic E-state index is -0.749. The van der Waals surface area contributed by atoms with Gasteiger partial charge in [-0.3, -0.25) is 4.79 Å². The van der Waals surface area contributed by atoms with E-state index in [-0.39, 0.29) is 5.91 Å². The summed E-state index contributed by atoms with van der Waals surface area (Å²) in [6.07, 6.45) is 0.646. The Morgan fingerprint density at radius 3 is 2.65 bits per heavy atom. The molecular formula is C19H18N2O3PS+. The quantitative estimate of drug-likeness (QED) is 0.349. The van der Waals surface area contributed by atoms with Crippen LogP contribution >= 0.6 is 20.0 Å². The van der Waals surface area contributed by atoms with Crippen LogP contribution in [0.25, 0.3) is 10.4 Å². The molecular weight excluding hydrogens is 367 g/mol. The van der Waals surface area contributed by atoms with Crippen LogP contribution in [-0.4, -0.2) is 12.5 Å². The van der Waals surface area contributed by atoms with E-state index in [0.717, 1.165) is 16.0 Å². The summed E-state index contributed by atoms with van der Waals surface area (Å²) in [5.74, 6) is -0.219. The van der Waals surface area contributed by atoms with E-state index in [1.165, 1.54) is 0 Å². The molecule has 1 atom stereocenters. The highest BCUT2D eigenvalue weighted by Gasteiger charge is 2.10. The summed E-state index contributed by atoms with van der Waals surface area (Å²) in [6, 6.07) is 16.9. The third-order valence-electron chi connectivity index (χ3n) is 3.88. The highest BCUT2D eigenvalue weighted by Crippen LogP contribution is 2.30. The number of rotatable bonds is 7. The molecule has 0 fully saturated rings.